The zero-order chi connectivity index (χ0) is 6.97. The minimum absolute atomic E-state index is 0.344. The fourth-order valence-corrected chi connectivity index (χ4v) is 1.56. The smallest absolute Gasteiger partial charge is 0.109 e. The molecule has 2 rings (SSSR count). The van der Waals surface area contributed by atoms with E-state index >= 15 is 0 Å². The second-order valence-electron chi connectivity index (χ2n) is 2.91. The van der Waals surface area contributed by atoms with Crippen LogP contribution in [0.3, 0.4) is 0 Å². The van der Waals surface area contributed by atoms with Gasteiger partial charge in [-0.3, -0.25) is 0 Å². The van der Waals surface area contributed by atoms with Crippen LogP contribution in [0.4, 0.5) is 0 Å². The van der Waals surface area contributed by atoms with Gasteiger partial charge in [-0.15, -0.1) is 0 Å². The lowest BCUT2D eigenvalue weighted by atomic mass is 10.1. The van der Waals surface area contributed by atoms with Crippen molar-refractivity contribution in [3.8, 4) is 0 Å². The lowest BCUT2D eigenvalue weighted by Crippen LogP contribution is -2.15. The van der Waals surface area contributed by atoms with Crippen LogP contribution in [-0.4, -0.2) is 12.6 Å². The van der Waals surface area contributed by atoms with Crippen LogP contribution in [0.2, 0.25) is 0 Å². The van der Waals surface area contributed by atoms with Crippen molar-refractivity contribution in [2.45, 2.75) is 18.9 Å². The molecule has 0 aromatic rings. The molecule has 1 unspecified atom stereocenters. The van der Waals surface area contributed by atoms with E-state index in [2.05, 4.69) is 0 Å². The molecule has 0 aromatic heterocycles. The molecule has 1 heterocycles. The third-order valence-electron chi connectivity index (χ3n) is 2.07. The number of rotatable bonds is 0. The second kappa shape index (κ2) is 2.13. The summed E-state index contributed by atoms with van der Waals surface area (Å²) >= 11 is 0. The molecule has 10 heavy (non-hydrogen) atoms. The van der Waals surface area contributed by atoms with Crippen LogP contribution in [0.25, 0.3) is 0 Å². The van der Waals surface area contributed by atoms with E-state index < -0.39 is 0 Å². The highest BCUT2D eigenvalue weighted by Gasteiger charge is 2.21. The van der Waals surface area contributed by atoms with Gasteiger partial charge in [0.05, 0.1) is 6.26 Å². The molecule has 1 aliphatic heterocycles. The van der Waals surface area contributed by atoms with Crippen molar-refractivity contribution in [1.82, 2.24) is 0 Å². The molecule has 2 aliphatic rings. The average molecular weight is 137 g/mol. The quantitative estimate of drug-likeness (QED) is 0.539. The van der Waals surface area contributed by atoms with Crippen molar-refractivity contribution >= 4 is 0 Å². The Balaban J connectivity index is 2.21. The summed E-state index contributed by atoms with van der Waals surface area (Å²) in [5.74, 6) is 0. The highest BCUT2D eigenvalue weighted by Crippen LogP contribution is 2.28. The maximum absolute atomic E-state index is 5.76. The third-order valence-corrected chi connectivity index (χ3v) is 2.07. The zero-order valence-corrected chi connectivity index (χ0v) is 5.84. The number of allylic oxidation sites excluding steroid dienone is 1. The van der Waals surface area contributed by atoms with Crippen molar-refractivity contribution < 1.29 is 4.74 Å². The van der Waals surface area contributed by atoms with Gasteiger partial charge in [-0.25, -0.2) is 0 Å². The van der Waals surface area contributed by atoms with Crippen molar-refractivity contribution in [2.24, 2.45) is 5.73 Å². The van der Waals surface area contributed by atoms with Crippen molar-refractivity contribution in [1.29, 1.82) is 0 Å². The van der Waals surface area contributed by atoms with Gasteiger partial charge in [0.25, 0.3) is 0 Å². The van der Waals surface area contributed by atoms with E-state index in [0.717, 1.165) is 19.4 Å². The normalized spacial score (nSPS) is 30.3. The molecule has 1 aliphatic carbocycles. The molecule has 2 N–H and O–H groups in total. The molecule has 0 fully saturated rings. The van der Waals surface area contributed by atoms with Gasteiger partial charge in [-0.2, -0.15) is 0 Å². The Morgan fingerprint density at radius 1 is 1.50 bits per heavy atom. The van der Waals surface area contributed by atoms with Gasteiger partial charge in [0.2, 0.25) is 0 Å². The highest BCUT2D eigenvalue weighted by molar-refractivity contribution is 5.33. The van der Waals surface area contributed by atoms with Gasteiger partial charge in [-0.05, 0) is 30.1 Å². The van der Waals surface area contributed by atoms with Crippen LogP contribution in [0, 0.1) is 0 Å². The fourth-order valence-electron chi connectivity index (χ4n) is 1.56. The van der Waals surface area contributed by atoms with Crippen LogP contribution in [0.15, 0.2) is 23.5 Å². The summed E-state index contributed by atoms with van der Waals surface area (Å²) in [7, 11) is 0. The Kier molecular flexibility index (Phi) is 1.27. The van der Waals surface area contributed by atoms with Gasteiger partial charge in [-0.1, -0.05) is 0 Å². The lowest BCUT2D eigenvalue weighted by Gasteiger charge is -2.08. The molecule has 0 radical (unpaired) electrons. The molecule has 0 aromatic carbocycles. The Hall–Kier alpha value is -0.760. The van der Waals surface area contributed by atoms with E-state index in [0.29, 0.717) is 6.04 Å². The summed E-state index contributed by atoms with van der Waals surface area (Å²) in [5.41, 5.74) is 8.56. The Morgan fingerprint density at radius 3 is 3.20 bits per heavy atom. The third kappa shape index (κ3) is 0.847. The maximum atomic E-state index is 5.76. The Labute approximate surface area is 60.4 Å². The predicted molar refractivity (Wildman–Crippen MR) is 39.3 cm³/mol. The van der Waals surface area contributed by atoms with E-state index in [1.165, 1.54) is 11.1 Å². The topological polar surface area (TPSA) is 35.2 Å². The molecule has 2 nitrogen and oxygen atoms in total. The molecule has 0 saturated heterocycles. The first kappa shape index (κ1) is 5.98. The van der Waals surface area contributed by atoms with Crippen molar-refractivity contribution in [3.05, 3.63) is 23.5 Å². The first-order valence-electron chi connectivity index (χ1n) is 3.61. The fraction of sp³-hybridized carbons (Fsp3) is 0.500. The van der Waals surface area contributed by atoms with E-state index in [4.69, 9.17) is 10.5 Å². The molecule has 0 bridgehead atoms. The zero-order valence-electron chi connectivity index (χ0n) is 5.84. The first-order valence-corrected chi connectivity index (χ1v) is 3.61. The molecular formula is C8H11NO. The van der Waals surface area contributed by atoms with Gasteiger partial charge < -0.3 is 10.5 Å². The highest BCUT2D eigenvalue weighted by atomic mass is 16.5. The summed E-state index contributed by atoms with van der Waals surface area (Å²) in [4.78, 5) is 0. The second-order valence-corrected chi connectivity index (χ2v) is 2.91. The van der Waals surface area contributed by atoms with E-state index in [1.54, 1.807) is 6.26 Å². The summed E-state index contributed by atoms with van der Waals surface area (Å²) in [5, 5.41) is 0. The van der Waals surface area contributed by atoms with Gasteiger partial charge in [0.1, 0.15) is 6.61 Å². The predicted octanol–water partition coefficient (Wildman–Crippen LogP) is 0.948. The largest absolute Gasteiger partial charge is 0.497 e. The van der Waals surface area contributed by atoms with E-state index in [9.17, 15) is 0 Å². The summed E-state index contributed by atoms with van der Waals surface area (Å²) < 4.78 is 5.14. The van der Waals surface area contributed by atoms with Gasteiger partial charge in [0, 0.05) is 6.04 Å². The summed E-state index contributed by atoms with van der Waals surface area (Å²) in [6, 6.07) is 0.344. The van der Waals surface area contributed by atoms with Crippen molar-refractivity contribution in [3.63, 3.8) is 0 Å². The first-order chi connectivity index (χ1) is 4.86. The van der Waals surface area contributed by atoms with Crippen LogP contribution >= 0.6 is 0 Å². The number of hydrogen-bond acceptors (Lipinski definition) is 2. The maximum Gasteiger partial charge on any atom is 0.109 e. The van der Waals surface area contributed by atoms with Gasteiger partial charge in [0.15, 0.2) is 0 Å². The average Bonchev–Trinajstić information content (AvgIpc) is 2.27. The lowest BCUT2D eigenvalue weighted by molar-refractivity contribution is 0.272. The molecule has 1 atom stereocenters. The van der Waals surface area contributed by atoms with Crippen LogP contribution in [0.5, 0.6) is 0 Å². The molecule has 0 amide bonds. The van der Waals surface area contributed by atoms with Crippen molar-refractivity contribution in [2.75, 3.05) is 6.61 Å². The van der Waals surface area contributed by atoms with Gasteiger partial charge >= 0.3 is 0 Å². The minimum atomic E-state index is 0.344. The monoisotopic (exact) mass is 137 g/mol. The van der Waals surface area contributed by atoms with Crippen LogP contribution in [-0.2, 0) is 4.74 Å². The Bertz CT molecular complexity index is 205. The molecule has 54 valence electrons. The molecule has 0 saturated carbocycles. The number of nitrogens with two attached hydrogens (primary N) is 1. The Morgan fingerprint density at radius 2 is 2.40 bits per heavy atom. The van der Waals surface area contributed by atoms with E-state index in [-0.39, 0.29) is 0 Å². The number of ether oxygens (including phenoxy) is 1. The molecular weight excluding hydrogens is 126 g/mol. The molecule has 0 spiro atoms. The summed E-state index contributed by atoms with van der Waals surface area (Å²) in [6.07, 6.45) is 5.86. The van der Waals surface area contributed by atoms with Crippen LogP contribution in [0.1, 0.15) is 12.8 Å². The van der Waals surface area contributed by atoms with E-state index in [1.807, 2.05) is 6.08 Å². The minimum Gasteiger partial charge on any atom is -0.497 e. The summed E-state index contributed by atoms with van der Waals surface area (Å²) in [6.45, 7) is 0.763. The standard InChI is InChI=1S/C8H11NO/c9-8-3-6-1-2-10-5-7(6)4-8/h1-2,8H,3-5,9H2. The van der Waals surface area contributed by atoms with Crippen LogP contribution < -0.4 is 5.73 Å². The SMILES string of the molecule is NC1CC2=C(COC=C2)C1. The molecule has 2 heteroatoms. The number of hydrogen-bond donors (Lipinski definition) is 1.